The second kappa shape index (κ2) is 4.86. The Morgan fingerprint density at radius 1 is 1.28 bits per heavy atom. The SMILES string of the molecule is CC(=O)CC(=O)c1cc2cc(Br)ccc2oc1=O. The number of carbonyl (C=O) groups excluding carboxylic acids is 2. The molecule has 92 valence electrons. The largest absolute Gasteiger partial charge is 0.422 e. The van der Waals surface area contributed by atoms with Gasteiger partial charge in [-0.15, -0.1) is 0 Å². The zero-order valence-electron chi connectivity index (χ0n) is 9.53. The Morgan fingerprint density at radius 2 is 2.00 bits per heavy atom. The average molecular weight is 309 g/mol. The third kappa shape index (κ3) is 2.56. The lowest BCUT2D eigenvalue weighted by atomic mass is 10.1. The Bertz CT molecular complexity index is 700. The smallest absolute Gasteiger partial charge is 0.347 e. The number of hydrogen-bond acceptors (Lipinski definition) is 4. The topological polar surface area (TPSA) is 64.3 Å². The second-order valence-electron chi connectivity index (χ2n) is 3.93. The van der Waals surface area contributed by atoms with E-state index < -0.39 is 11.4 Å². The molecule has 2 aromatic rings. The van der Waals surface area contributed by atoms with Crippen molar-refractivity contribution in [2.75, 3.05) is 0 Å². The molecule has 0 saturated heterocycles. The highest BCUT2D eigenvalue weighted by Crippen LogP contribution is 2.19. The first-order valence-electron chi connectivity index (χ1n) is 5.23. The average Bonchev–Trinajstić information content (AvgIpc) is 2.27. The molecule has 0 aliphatic heterocycles. The molecular weight excluding hydrogens is 300 g/mol. The first kappa shape index (κ1) is 12.7. The van der Waals surface area contributed by atoms with Crippen LogP contribution in [0.4, 0.5) is 0 Å². The minimum absolute atomic E-state index is 0.0872. The minimum atomic E-state index is -0.712. The van der Waals surface area contributed by atoms with Crippen LogP contribution in [-0.2, 0) is 4.79 Å². The summed E-state index contributed by atoms with van der Waals surface area (Å²) in [5.74, 6) is -0.799. The quantitative estimate of drug-likeness (QED) is 0.497. The van der Waals surface area contributed by atoms with Crippen molar-refractivity contribution in [1.29, 1.82) is 0 Å². The Morgan fingerprint density at radius 3 is 2.67 bits per heavy atom. The summed E-state index contributed by atoms with van der Waals surface area (Å²) >= 11 is 3.29. The first-order chi connectivity index (χ1) is 8.47. The van der Waals surface area contributed by atoms with Crippen LogP contribution >= 0.6 is 15.9 Å². The lowest BCUT2D eigenvalue weighted by molar-refractivity contribution is -0.116. The monoisotopic (exact) mass is 308 g/mol. The van der Waals surface area contributed by atoms with E-state index in [1.54, 1.807) is 18.2 Å². The lowest BCUT2D eigenvalue weighted by Gasteiger charge is -2.01. The number of Topliss-reactive ketones (excluding diaryl/α,β-unsaturated/α-hetero) is 2. The number of halogens is 1. The first-order valence-corrected chi connectivity index (χ1v) is 6.03. The molecule has 0 saturated carbocycles. The van der Waals surface area contributed by atoms with Crippen LogP contribution in [0.5, 0.6) is 0 Å². The van der Waals surface area contributed by atoms with E-state index in [0.717, 1.165) is 4.47 Å². The third-order valence-corrected chi connectivity index (χ3v) is 2.90. The fourth-order valence-corrected chi connectivity index (χ4v) is 1.99. The summed E-state index contributed by atoms with van der Waals surface area (Å²) in [5.41, 5.74) is -0.394. The molecule has 0 radical (unpaired) electrons. The lowest BCUT2D eigenvalue weighted by Crippen LogP contribution is -2.15. The van der Waals surface area contributed by atoms with Crippen molar-refractivity contribution < 1.29 is 14.0 Å². The molecule has 0 aliphatic carbocycles. The molecule has 0 aliphatic rings. The highest BCUT2D eigenvalue weighted by Gasteiger charge is 2.15. The maximum absolute atomic E-state index is 11.7. The second-order valence-corrected chi connectivity index (χ2v) is 4.85. The van der Waals surface area contributed by atoms with Gasteiger partial charge in [-0.05, 0) is 31.2 Å². The van der Waals surface area contributed by atoms with Crippen LogP contribution in [0.3, 0.4) is 0 Å². The van der Waals surface area contributed by atoms with Gasteiger partial charge in [0.1, 0.15) is 16.9 Å². The number of hydrogen-bond donors (Lipinski definition) is 0. The van der Waals surface area contributed by atoms with Gasteiger partial charge in [0.25, 0.3) is 0 Å². The molecule has 4 nitrogen and oxygen atoms in total. The summed E-state index contributed by atoms with van der Waals surface area (Å²) in [5, 5.41) is 0.635. The van der Waals surface area contributed by atoms with E-state index in [-0.39, 0.29) is 17.8 Å². The van der Waals surface area contributed by atoms with Crippen LogP contribution < -0.4 is 5.63 Å². The Balaban J connectivity index is 2.58. The molecule has 1 aromatic heterocycles. The van der Waals surface area contributed by atoms with Crippen molar-refractivity contribution in [2.24, 2.45) is 0 Å². The molecule has 0 amide bonds. The number of rotatable bonds is 3. The van der Waals surface area contributed by atoms with Gasteiger partial charge in [0.15, 0.2) is 5.78 Å². The van der Waals surface area contributed by atoms with E-state index in [1.165, 1.54) is 13.0 Å². The standard InChI is InChI=1S/C13H9BrO4/c1-7(15)4-11(16)10-6-8-5-9(14)2-3-12(8)18-13(10)17/h2-3,5-6H,4H2,1H3. The van der Waals surface area contributed by atoms with Crippen LogP contribution in [0, 0.1) is 0 Å². The van der Waals surface area contributed by atoms with E-state index in [2.05, 4.69) is 15.9 Å². The maximum atomic E-state index is 11.7. The zero-order valence-corrected chi connectivity index (χ0v) is 11.1. The summed E-state index contributed by atoms with van der Waals surface area (Å²) in [4.78, 5) is 34.2. The Hall–Kier alpha value is -1.75. The minimum Gasteiger partial charge on any atom is -0.422 e. The zero-order chi connectivity index (χ0) is 13.3. The van der Waals surface area contributed by atoms with Crippen molar-refractivity contribution >= 4 is 38.5 Å². The molecular formula is C13H9BrO4. The molecule has 1 heterocycles. The molecule has 0 N–H and O–H groups in total. The maximum Gasteiger partial charge on any atom is 0.347 e. The summed E-state index contributed by atoms with van der Waals surface area (Å²) in [6.07, 6.45) is -0.287. The summed E-state index contributed by atoms with van der Waals surface area (Å²) < 4.78 is 5.86. The predicted octanol–water partition coefficient (Wildman–Crippen LogP) is 2.72. The highest BCUT2D eigenvalue weighted by atomic mass is 79.9. The van der Waals surface area contributed by atoms with Gasteiger partial charge in [0, 0.05) is 9.86 Å². The molecule has 0 unspecified atom stereocenters. The fourth-order valence-electron chi connectivity index (χ4n) is 1.61. The van der Waals surface area contributed by atoms with Crippen molar-refractivity contribution in [1.82, 2.24) is 0 Å². The van der Waals surface area contributed by atoms with Crippen LogP contribution in [0.25, 0.3) is 11.0 Å². The molecule has 0 spiro atoms. The van der Waals surface area contributed by atoms with Crippen LogP contribution in [0.2, 0.25) is 0 Å². The van der Waals surface area contributed by atoms with E-state index >= 15 is 0 Å². The molecule has 0 bridgehead atoms. The van der Waals surface area contributed by atoms with E-state index in [0.29, 0.717) is 11.0 Å². The Labute approximate surface area is 111 Å². The van der Waals surface area contributed by atoms with Gasteiger partial charge in [-0.2, -0.15) is 0 Å². The van der Waals surface area contributed by atoms with Crippen molar-refractivity contribution in [2.45, 2.75) is 13.3 Å². The number of carbonyl (C=O) groups is 2. The summed E-state index contributed by atoms with van der Waals surface area (Å²) in [6, 6.07) is 6.57. The van der Waals surface area contributed by atoms with Crippen LogP contribution in [0.1, 0.15) is 23.7 Å². The molecule has 0 fully saturated rings. The molecule has 18 heavy (non-hydrogen) atoms. The van der Waals surface area contributed by atoms with Gasteiger partial charge in [-0.1, -0.05) is 15.9 Å². The fraction of sp³-hybridized carbons (Fsp3) is 0.154. The van der Waals surface area contributed by atoms with Gasteiger partial charge in [0.2, 0.25) is 0 Å². The van der Waals surface area contributed by atoms with Crippen LogP contribution in [0.15, 0.2) is 37.9 Å². The van der Waals surface area contributed by atoms with E-state index in [4.69, 9.17) is 4.42 Å². The van der Waals surface area contributed by atoms with Gasteiger partial charge in [-0.25, -0.2) is 4.79 Å². The normalized spacial score (nSPS) is 10.6. The number of ketones is 2. The van der Waals surface area contributed by atoms with Gasteiger partial charge in [0.05, 0.1) is 6.42 Å². The van der Waals surface area contributed by atoms with Gasteiger partial charge in [-0.3, -0.25) is 9.59 Å². The predicted molar refractivity (Wildman–Crippen MR) is 69.8 cm³/mol. The van der Waals surface area contributed by atoms with Crippen molar-refractivity contribution in [3.8, 4) is 0 Å². The van der Waals surface area contributed by atoms with E-state index in [1.807, 2.05) is 0 Å². The summed E-state index contributed by atoms with van der Waals surface area (Å²) in [6.45, 7) is 1.30. The molecule has 2 rings (SSSR count). The van der Waals surface area contributed by atoms with E-state index in [9.17, 15) is 14.4 Å². The van der Waals surface area contributed by atoms with Crippen molar-refractivity contribution in [3.63, 3.8) is 0 Å². The number of benzene rings is 1. The van der Waals surface area contributed by atoms with Gasteiger partial charge >= 0.3 is 5.63 Å². The van der Waals surface area contributed by atoms with Crippen molar-refractivity contribution in [3.05, 3.63) is 44.7 Å². The molecule has 1 aromatic carbocycles. The molecule has 0 atom stereocenters. The van der Waals surface area contributed by atoms with Gasteiger partial charge < -0.3 is 4.42 Å². The number of fused-ring (bicyclic) bond motifs is 1. The summed E-state index contributed by atoms with van der Waals surface area (Å²) in [7, 11) is 0. The van der Waals surface area contributed by atoms with Crippen LogP contribution in [-0.4, -0.2) is 11.6 Å². The third-order valence-electron chi connectivity index (χ3n) is 2.40. The molecule has 5 heteroatoms. The highest BCUT2D eigenvalue weighted by molar-refractivity contribution is 9.10. The Kier molecular flexibility index (Phi) is 3.43.